The predicted molar refractivity (Wildman–Crippen MR) is 174 cm³/mol. The van der Waals surface area contributed by atoms with E-state index in [0.717, 1.165) is 22.3 Å². The van der Waals surface area contributed by atoms with Crippen molar-refractivity contribution < 1.29 is 34.0 Å². The smallest absolute Gasteiger partial charge is 0.325 e. The normalized spacial score (nSPS) is 23.0. The lowest BCUT2D eigenvalue weighted by Gasteiger charge is -2.45. The van der Waals surface area contributed by atoms with Gasteiger partial charge in [-0.2, -0.15) is 0 Å². The van der Waals surface area contributed by atoms with Gasteiger partial charge in [0.05, 0.1) is 31.0 Å². The number of aliphatic hydroxyl groups is 2. The Bertz CT molecular complexity index is 1460. The van der Waals surface area contributed by atoms with Gasteiger partial charge in [0.1, 0.15) is 6.54 Å². The zero-order valence-electron chi connectivity index (χ0n) is 26.2. The van der Waals surface area contributed by atoms with Gasteiger partial charge in [-0.1, -0.05) is 67.1 Å². The number of urea groups is 1. The number of carbonyl (C=O) groups is 2. The summed E-state index contributed by atoms with van der Waals surface area (Å²) in [5.41, 5.74) is 3.01. The fourth-order valence-corrected chi connectivity index (χ4v) is 6.17. The van der Waals surface area contributed by atoms with E-state index in [1.165, 1.54) is 0 Å². The summed E-state index contributed by atoms with van der Waals surface area (Å²) in [6.07, 6.45) is -0.0329. The molecule has 2 aliphatic rings. The van der Waals surface area contributed by atoms with E-state index >= 15 is 0 Å². The number of esters is 1. The maximum atomic E-state index is 12.4. The fraction of sp³-hybridized carbons (Fsp3) is 0.429. The Kier molecular flexibility index (Phi) is 11.3. The molecule has 4 atom stereocenters. The summed E-state index contributed by atoms with van der Waals surface area (Å²) in [7, 11) is 0. The van der Waals surface area contributed by atoms with Crippen molar-refractivity contribution in [3.8, 4) is 0 Å². The molecule has 0 saturated carbocycles. The maximum absolute atomic E-state index is 12.4. The average molecular weight is 652 g/mol. The highest BCUT2D eigenvalue weighted by Crippen LogP contribution is 2.43. The zero-order valence-corrected chi connectivity index (χ0v) is 26.9. The molecular weight excluding hydrogens is 610 g/mol. The molecule has 46 heavy (non-hydrogen) atoms. The third-order valence-corrected chi connectivity index (χ3v) is 8.99. The van der Waals surface area contributed by atoms with Crippen LogP contribution in [0.5, 0.6) is 0 Å². The molecule has 2 aliphatic heterocycles. The number of halogens is 1. The lowest BCUT2D eigenvalue weighted by molar-refractivity contribution is -0.277. The first-order valence-corrected chi connectivity index (χ1v) is 16.1. The number of piperidine rings is 1. The van der Waals surface area contributed by atoms with Gasteiger partial charge < -0.3 is 40.0 Å². The standard InChI is InChI=1S/C35H42ClN3O7/c1-3-44-31(41)20-37-34(42)38-29-6-4-5-26(19-29)33-45-30(23(2)32(46-33)25-9-7-24(22-40)8-10-25)21-39-17-15-35(43,16-18-39)27-11-13-28(36)14-12-27/h4-14,19,23,30,32-33,40,43H,3,15-18,20-22H2,1-2H3,(H2,37,38,42)/t23-,30+,32+,33+/m1/s1. The number of benzene rings is 3. The molecule has 0 spiro atoms. The second kappa shape index (κ2) is 15.4. The van der Waals surface area contributed by atoms with E-state index < -0.39 is 23.9 Å². The Hall–Kier alpha value is -3.51. The van der Waals surface area contributed by atoms with Crippen LogP contribution in [0.15, 0.2) is 72.8 Å². The van der Waals surface area contributed by atoms with Crippen molar-refractivity contribution in [1.82, 2.24) is 10.2 Å². The number of aliphatic hydroxyl groups excluding tert-OH is 1. The lowest BCUT2D eigenvalue weighted by atomic mass is 9.84. The van der Waals surface area contributed by atoms with Crippen molar-refractivity contribution in [2.75, 3.05) is 38.1 Å². The van der Waals surface area contributed by atoms with Gasteiger partial charge in [-0.05, 0) is 60.7 Å². The molecule has 246 valence electrons. The van der Waals surface area contributed by atoms with E-state index in [4.69, 9.17) is 25.8 Å². The van der Waals surface area contributed by atoms with Gasteiger partial charge >= 0.3 is 12.0 Å². The molecule has 2 heterocycles. The van der Waals surface area contributed by atoms with E-state index in [1.807, 2.05) is 60.7 Å². The Balaban J connectivity index is 1.30. The number of nitrogens with zero attached hydrogens (tertiary/aromatic N) is 1. The number of likely N-dealkylation sites (tertiary alicyclic amines) is 1. The number of carbonyl (C=O) groups excluding carboxylic acids is 2. The molecule has 0 aromatic heterocycles. The highest BCUT2D eigenvalue weighted by atomic mass is 35.5. The molecule has 5 rings (SSSR count). The minimum Gasteiger partial charge on any atom is -0.465 e. The van der Waals surface area contributed by atoms with Crippen molar-refractivity contribution in [3.63, 3.8) is 0 Å². The molecule has 10 nitrogen and oxygen atoms in total. The predicted octanol–water partition coefficient (Wildman–Crippen LogP) is 5.29. The van der Waals surface area contributed by atoms with Crippen LogP contribution in [-0.2, 0) is 31.2 Å². The Morgan fingerprint density at radius 3 is 2.41 bits per heavy atom. The Labute approximate surface area is 274 Å². The van der Waals surface area contributed by atoms with Crippen LogP contribution in [0.4, 0.5) is 10.5 Å². The van der Waals surface area contributed by atoms with Gasteiger partial charge in [-0.3, -0.25) is 4.79 Å². The summed E-state index contributed by atoms with van der Waals surface area (Å²) in [4.78, 5) is 26.4. The lowest BCUT2D eigenvalue weighted by Crippen LogP contribution is -2.49. The van der Waals surface area contributed by atoms with Crippen molar-refractivity contribution in [2.24, 2.45) is 5.92 Å². The highest BCUT2D eigenvalue weighted by molar-refractivity contribution is 6.30. The molecule has 11 heteroatoms. The van der Waals surface area contributed by atoms with E-state index in [1.54, 1.807) is 19.1 Å². The summed E-state index contributed by atoms with van der Waals surface area (Å²) < 4.78 is 18.1. The van der Waals surface area contributed by atoms with Crippen molar-refractivity contribution >= 4 is 29.3 Å². The van der Waals surface area contributed by atoms with Gasteiger partial charge in [-0.25, -0.2) is 4.79 Å². The third-order valence-electron chi connectivity index (χ3n) is 8.74. The van der Waals surface area contributed by atoms with Crippen LogP contribution in [0.1, 0.15) is 61.3 Å². The molecule has 3 aromatic rings. The van der Waals surface area contributed by atoms with Gasteiger partial charge in [0.25, 0.3) is 0 Å². The van der Waals surface area contributed by atoms with Gasteiger partial charge in [0.15, 0.2) is 6.29 Å². The zero-order chi connectivity index (χ0) is 32.7. The molecular formula is C35H42ClN3O7. The summed E-state index contributed by atoms with van der Waals surface area (Å²) in [6, 6.07) is 21.9. The molecule has 3 aromatic carbocycles. The third kappa shape index (κ3) is 8.44. The highest BCUT2D eigenvalue weighted by Gasteiger charge is 2.41. The number of hydrogen-bond donors (Lipinski definition) is 4. The first kappa shape index (κ1) is 33.8. The maximum Gasteiger partial charge on any atom is 0.325 e. The topological polar surface area (TPSA) is 130 Å². The van der Waals surface area contributed by atoms with Crippen LogP contribution in [0, 0.1) is 5.92 Å². The number of nitrogens with one attached hydrogen (secondary N) is 2. The Morgan fingerprint density at radius 2 is 1.74 bits per heavy atom. The van der Waals surface area contributed by atoms with Crippen LogP contribution >= 0.6 is 11.6 Å². The van der Waals surface area contributed by atoms with Crippen LogP contribution < -0.4 is 10.6 Å². The van der Waals surface area contributed by atoms with E-state index in [9.17, 15) is 19.8 Å². The minimum absolute atomic E-state index is 0.0109. The van der Waals surface area contributed by atoms with Gasteiger partial charge in [0, 0.05) is 41.8 Å². The SMILES string of the molecule is CCOC(=O)CNC(=O)Nc1cccc([C@H]2O[C@@H](CN3CCC(O)(c4ccc(Cl)cc4)CC3)[C@@H](C)[C@@H](c3ccc(CO)cc3)O2)c1. The number of hydrogen-bond acceptors (Lipinski definition) is 8. The molecule has 0 aliphatic carbocycles. The van der Waals surface area contributed by atoms with E-state index in [0.29, 0.717) is 43.2 Å². The quantitative estimate of drug-likeness (QED) is 0.218. The van der Waals surface area contributed by atoms with Crippen LogP contribution in [0.25, 0.3) is 0 Å². The van der Waals surface area contributed by atoms with Gasteiger partial charge in [-0.15, -0.1) is 0 Å². The second-order valence-electron chi connectivity index (χ2n) is 11.9. The molecule has 0 radical (unpaired) electrons. The summed E-state index contributed by atoms with van der Waals surface area (Å²) in [5.74, 6) is -0.528. The monoisotopic (exact) mass is 651 g/mol. The number of anilines is 1. The summed E-state index contributed by atoms with van der Waals surface area (Å²) in [5, 5.41) is 26.9. The number of amides is 2. The fourth-order valence-electron chi connectivity index (χ4n) is 6.04. The van der Waals surface area contributed by atoms with Crippen LogP contribution in [-0.4, -0.2) is 66.0 Å². The minimum atomic E-state index is -0.904. The average Bonchev–Trinajstić information content (AvgIpc) is 3.06. The first-order chi connectivity index (χ1) is 22.2. The van der Waals surface area contributed by atoms with Gasteiger partial charge in [0.2, 0.25) is 0 Å². The number of ether oxygens (including phenoxy) is 3. The molecule has 2 amide bonds. The Morgan fingerprint density at radius 1 is 1.02 bits per heavy atom. The van der Waals surface area contributed by atoms with Crippen LogP contribution in [0.3, 0.4) is 0 Å². The van der Waals surface area contributed by atoms with Crippen LogP contribution in [0.2, 0.25) is 5.02 Å². The van der Waals surface area contributed by atoms with E-state index in [-0.39, 0.29) is 37.9 Å². The number of rotatable bonds is 10. The van der Waals surface area contributed by atoms with Crippen molar-refractivity contribution in [1.29, 1.82) is 0 Å². The summed E-state index contributed by atoms with van der Waals surface area (Å²) in [6.45, 7) is 5.83. The first-order valence-electron chi connectivity index (χ1n) is 15.7. The van der Waals surface area contributed by atoms with Crippen molar-refractivity contribution in [2.45, 2.75) is 57.4 Å². The van der Waals surface area contributed by atoms with E-state index in [2.05, 4.69) is 22.5 Å². The largest absolute Gasteiger partial charge is 0.465 e. The molecule has 4 N–H and O–H groups in total. The molecule has 0 unspecified atom stereocenters. The molecule has 2 fully saturated rings. The second-order valence-corrected chi connectivity index (χ2v) is 12.3. The summed E-state index contributed by atoms with van der Waals surface area (Å²) >= 11 is 6.07. The molecule has 0 bridgehead atoms. The van der Waals surface area contributed by atoms with Crippen molar-refractivity contribution in [3.05, 3.63) is 100 Å². The molecule has 2 saturated heterocycles.